The number of aromatic nitrogens is 2. The highest BCUT2D eigenvalue weighted by Gasteiger charge is 2.32. The number of likely N-dealkylation sites (tertiary alicyclic amines) is 1. The van der Waals surface area contributed by atoms with Crippen molar-refractivity contribution in [2.24, 2.45) is 5.73 Å². The van der Waals surface area contributed by atoms with Gasteiger partial charge in [0.25, 0.3) is 5.91 Å². The van der Waals surface area contributed by atoms with Crippen LogP contribution >= 0.6 is 0 Å². The van der Waals surface area contributed by atoms with Crippen molar-refractivity contribution in [3.8, 4) is 0 Å². The van der Waals surface area contributed by atoms with Crippen molar-refractivity contribution in [1.29, 1.82) is 0 Å². The Hall–Kier alpha value is -2.60. The molecule has 0 radical (unpaired) electrons. The number of aromatic amines is 1. The first-order chi connectivity index (χ1) is 13.2. The Balaban J connectivity index is 1.66. The molecule has 6 nitrogen and oxygen atoms in total. The molecule has 0 unspecified atom stereocenters. The number of fused-ring (bicyclic) bond motifs is 1. The first kappa shape index (κ1) is 18.7. The second-order valence-electron chi connectivity index (χ2n) is 8.80. The van der Waals surface area contributed by atoms with Crippen LogP contribution in [0, 0.1) is 6.92 Å². The van der Waals surface area contributed by atoms with Gasteiger partial charge in [0, 0.05) is 17.5 Å². The Morgan fingerprint density at radius 3 is 2.86 bits per heavy atom. The van der Waals surface area contributed by atoms with E-state index in [1.54, 1.807) is 6.07 Å². The third kappa shape index (κ3) is 3.33. The second kappa shape index (κ2) is 6.78. The zero-order valence-corrected chi connectivity index (χ0v) is 17.0. The van der Waals surface area contributed by atoms with Crippen LogP contribution in [0.5, 0.6) is 0 Å². The van der Waals surface area contributed by atoms with Crippen molar-refractivity contribution >= 4 is 16.9 Å². The molecule has 1 fully saturated rings. The van der Waals surface area contributed by atoms with Gasteiger partial charge in [-0.15, -0.1) is 0 Å². The minimum Gasteiger partial charge on any atom is -0.455 e. The van der Waals surface area contributed by atoms with Crippen LogP contribution in [-0.2, 0) is 12.0 Å². The number of carbonyl (C=O) groups is 1. The third-order valence-corrected chi connectivity index (χ3v) is 5.52. The van der Waals surface area contributed by atoms with Crippen molar-refractivity contribution in [3.05, 3.63) is 52.7 Å². The van der Waals surface area contributed by atoms with E-state index in [2.05, 4.69) is 55.8 Å². The van der Waals surface area contributed by atoms with Crippen LogP contribution in [0.4, 0.5) is 0 Å². The molecule has 1 amide bonds. The zero-order chi connectivity index (χ0) is 20.1. The van der Waals surface area contributed by atoms with Crippen LogP contribution < -0.4 is 5.73 Å². The standard InChI is InChI=1S/C22H28N4O2/c1-13-7-5-8-15-18(13)25-21(24-15)16-9-6-10-26(16)12-14-11-17(20(23)27)28-19(14)22(2,3)4/h5,7-8,11,16H,6,9-10,12H2,1-4H3,(H2,23,27)(H,24,25)/t16-/m0/s1. The monoisotopic (exact) mass is 380 g/mol. The van der Waals surface area contributed by atoms with Gasteiger partial charge in [-0.1, -0.05) is 32.9 Å². The average molecular weight is 380 g/mol. The van der Waals surface area contributed by atoms with Gasteiger partial charge >= 0.3 is 0 Å². The van der Waals surface area contributed by atoms with Gasteiger partial charge in [-0.3, -0.25) is 9.69 Å². The highest BCUT2D eigenvalue weighted by atomic mass is 16.4. The molecule has 3 heterocycles. The number of benzene rings is 1. The minimum atomic E-state index is -0.525. The van der Waals surface area contributed by atoms with Gasteiger partial charge in [0.2, 0.25) is 0 Å². The van der Waals surface area contributed by atoms with E-state index in [0.29, 0.717) is 6.54 Å². The van der Waals surface area contributed by atoms with E-state index in [0.717, 1.165) is 47.6 Å². The Bertz CT molecular complexity index is 1030. The summed E-state index contributed by atoms with van der Waals surface area (Å²) in [6, 6.07) is 8.25. The first-order valence-corrected chi connectivity index (χ1v) is 9.86. The van der Waals surface area contributed by atoms with Gasteiger partial charge in [-0.2, -0.15) is 0 Å². The molecule has 3 N–H and O–H groups in total. The molecular weight excluding hydrogens is 352 g/mol. The quantitative estimate of drug-likeness (QED) is 0.710. The highest BCUT2D eigenvalue weighted by molar-refractivity contribution is 5.90. The maximum Gasteiger partial charge on any atom is 0.284 e. The fourth-order valence-electron chi connectivity index (χ4n) is 4.20. The van der Waals surface area contributed by atoms with Crippen molar-refractivity contribution in [2.45, 2.75) is 58.5 Å². The predicted molar refractivity (Wildman–Crippen MR) is 109 cm³/mol. The Morgan fingerprint density at radius 2 is 2.18 bits per heavy atom. The molecule has 6 heteroatoms. The number of imidazole rings is 1. The number of rotatable bonds is 4. The maximum atomic E-state index is 11.6. The molecule has 3 aromatic rings. The number of nitrogens with zero attached hydrogens (tertiary/aromatic N) is 2. The van der Waals surface area contributed by atoms with E-state index >= 15 is 0 Å². The summed E-state index contributed by atoms with van der Waals surface area (Å²) in [4.78, 5) is 22.5. The molecule has 0 aliphatic carbocycles. The number of para-hydroxylation sites is 1. The highest BCUT2D eigenvalue weighted by Crippen LogP contribution is 2.36. The molecule has 2 aromatic heterocycles. The Morgan fingerprint density at radius 1 is 1.39 bits per heavy atom. The van der Waals surface area contributed by atoms with E-state index in [1.165, 1.54) is 5.56 Å². The molecule has 1 atom stereocenters. The summed E-state index contributed by atoms with van der Waals surface area (Å²) in [5.41, 5.74) is 9.59. The van der Waals surface area contributed by atoms with Crippen molar-refractivity contribution < 1.29 is 9.21 Å². The van der Waals surface area contributed by atoms with Crippen LogP contribution in [0.1, 0.15) is 72.9 Å². The molecule has 1 aromatic carbocycles. The largest absolute Gasteiger partial charge is 0.455 e. The second-order valence-corrected chi connectivity index (χ2v) is 8.80. The number of H-pyrrole nitrogens is 1. The van der Waals surface area contributed by atoms with E-state index in [9.17, 15) is 4.79 Å². The molecule has 148 valence electrons. The van der Waals surface area contributed by atoms with Crippen LogP contribution in [0.25, 0.3) is 11.0 Å². The minimum absolute atomic E-state index is 0.200. The van der Waals surface area contributed by atoms with Gasteiger partial charge in [0.15, 0.2) is 5.76 Å². The van der Waals surface area contributed by atoms with Crippen molar-refractivity contribution in [3.63, 3.8) is 0 Å². The van der Waals surface area contributed by atoms with E-state index in [-0.39, 0.29) is 17.2 Å². The van der Waals surface area contributed by atoms with Crippen LogP contribution in [0.2, 0.25) is 0 Å². The molecule has 28 heavy (non-hydrogen) atoms. The number of amides is 1. The number of furan rings is 1. The number of hydrogen-bond donors (Lipinski definition) is 2. The van der Waals surface area contributed by atoms with Crippen LogP contribution in [0.3, 0.4) is 0 Å². The fraction of sp³-hybridized carbons (Fsp3) is 0.455. The molecule has 0 spiro atoms. The van der Waals surface area contributed by atoms with E-state index in [1.807, 2.05) is 0 Å². The number of nitrogens with two attached hydrogens (primary N) is 1. The molecule has 0 saturated carbocycles. The lowest BCUT2D eigenvalue weighted by molar-refractivity contribution is 0.0970. The van der Waals surface area contributed by atoms with E-state index in [4.69, 9.17) is 15.1 Å². The van der Waals surface area contributed by atoms with Crippen molar-refractivity contribution in [1.82, 2.24) is 14.9 Å². The van der Waals surface area contributed by atoms with Gasteiger partial charge in [0.1, 0.15) is 11.6 Å². The van der Waals surface area contributed by atoms with Gasteiger partial charge in [0.05, 0.1) is 17.1 Å². The third-order valence-electron chi connectivity index (χ3n) is 5.52. The van der Waals surface area contributed by atoms with Gasteiger partial charge in [-0.25, -0.2) is 4.98 Å². The average Bonchev–Trinajstić information content (AvgIpc) is 3.31. The molecule has 1 aliphatic rings. The summed E-state index contributed by atoms with van der Waals surface area (Å²) in [5.74, 6) is 1.54. The molecule has 1 aliphatic heterocycles. The Labute approximate surface area is 165 Å². The summed E-state index contributed by atoms with van der Waals surface area (Å²) >= 11 is 0. The molecular formula is C22H28N4O2. The lowest BCUT2D eigenvalue weighted by Gasteiger charge is -2.24. The summed E-state index contributed by atoms with van der Waals surface area (Å²) in [7, 11) is 0. The normalized spacial score (nSPS) is 18.2. The summed E-state index contributed by atoms with van der Waals surface area (Å²) in [5, 5.41) is 0. The lowest BCUT2D eigenvalue weighted by atomic mass is 9.90. The first-order valence-electron chi connectivity index (χ1n) is 9.86. The predicted octanol–water partition coefficient (Wildman–Crippen LogP) is 4.20. The SMILES string of the molecule is Cc1cccc2[nH]c([C@@H]3CCCN3Cc3cc(C(N)=O)oc3C(C)(C)C)nc12. The summed E-state index contributed by atoms with van der Waals surface area (Å²) < 4.78 is 5.83. The number of aryl methyl sites for hydroxylation is 1. The molecule has 0 bridgehead atoms. The van der Waals surface area contributed by atoms with Gasteiger partial charge < -0.3 is 15.1 Å². The van der Waals surface area contributed by atoms with E-state index < -0.39 is 5.91 Å². The maximum absolute atomic E-state index is 11.6. The number of nitrogens with one attached hydrogen (secondary N) is 1. The van der Waals surface area contributed by atoms with Crippen molar-refractivity contribution in [2.75, 3.05) is 6.54 Å². The Kier molecular flexibility index (Phi) is 4.54. The topological polar surface area (TPSA) is 88.1 Å². The number of primary amides is 1. The van der Waals surface area contributed by atoms with Gasteiger partial charge in [-0.05, 0) is 44.0 Å². The fourth-order valence-corrected chi connectivity index (χ4v) is 4.20. The molecule has 4 rings (SSSR count). The lowest BCUT2D eigenvalue weighted by Crippen LogP contribution is -2.25. The van der Waals surface area contributed by atoms with Crippen LogP contribution in [0.15, 0.2) is 28.7 Å². The summed E-state index contributed by atoms with van der Waals surface area (Å²) in [6.45, 7) is 10.0. The smallest absolute Gasteiger partial charge is 0.284 e. The number of hydrogen-bond acceptors (Lipinski definition) is 4. The molecule has 1 saturated heterocycles. The summed E-state index contributed by atoms with van der Waals surface area (Å²) in [6.07, 6.45) is 2.18. The van der Waals surface area contributed by atoms with Crippen LogP contribution in [-0.4, -0.2) is 27.3 Å². The number of carbonyl (C=O) groups excluding carboxylic acids is 1. The zero-order valence-electron chi connectivity index (χ0n) is 17.0.